The Balaban J connectivity index is 2.36. The van der Waals surface area contributed by atoms with Gasteiger partial charge in [-0.2, -0.15) is 0 Å². The first-order valence-electron chi connectivity index (χ1n) is 7.13. The number of nitrogens with one attached hydrogen (secondary N) is 1. The Kier molecular flexibility index (Phi) is 5.21. The molecule has 2 nitrogen and oxygen atoms in total. The lowest BCUT2D eigenvalue weighted by Crippen LogP contribution is -2.17. The first-order valence-corrected chi connectivity index (χ1v) is 7.95. The van der Waals surface area contributed by atoms with Gasteiger partial charge in [-0.05, 0) is 45.0 Å². The van der Waals surface area contributed by atoms with Gasteiger partial charge in [-0.3, -0.25) is 0 Å². The summed E-state index contributed by atoms with van der Waals surface area (Å²) in [6, 6.07) is 10.8. The van der Waals surface area contributed by atoms with Crippen molar-refractivity contribution in [1.29, 1.82) is 0 Å². The number of thiophene rings is 1. The fourth-order valence-electron chi connectivity index (χ4n) is 2.26. The van der Waals surface area contributed by atoms with Crippen LogP contribution in [0.5, 0.6) is 5.75 Å². The molecule has 0 bridgehead atoms. The van der Waals surface area contributed by atoms with Crippen molar-refractivity contribution in [3.8, 4) is 5.75 Å². The number of rotatable bonds is 6. The molecule has 0 fully saturated rings. The van der Waals surface area contributed by atoms with Crippen LogP contribution in [0.15, 0.2) is 30.3 Å². The van der Waals surface area contributed by atoms with Crippen molar-refractivity contribution in [2.75, 3.05) is 13.7 Å². The van der Waals surface area contributed by atoms with Gasteiger partial charge in [0, 0.05) is 15.3 Å². The van der Waals surface area contributed by atoms with Crippen LogP contribution >= 0.6 is 11.3 Å². The van der Waals surface area contributed by atoms with Crippen molar-refractivity contribution in [2.45, 2.75) is 33.2 Å². The van der Waals surface area contributed by atoms with Crippen molar-refractivity contribution in [3.63, 3.8) is 0 Å². The Morgan fingerprint density at radius 1 is 1.25 bits per heavy atom. The molecule has 0 saturated carbocycles. The number of aryl methyl sites for hydroxylation is 2. The summed E-state index contributed by atoms with van der Waals surface area (Å²) >= 11 is 1.86. The molecule has 0 aliphatic carbocycles. The Morgan fingerprint density at radius 3 is 2.60 bits per heavy atom. The Bertz CT molecular complexity index is 542. The molecule has 20 heavy (non-hydrogen) atoms. The summed E-state index contributed by atoms with van der Waals surface area (Å²) in [5.74, 6) is 0.984. The van der Waals surface area contributed by atoms with Gasteiger partial charge in [-0.15, -0.1) is 11.3 Å². The summed E-state index contributed by atoms with van der Waals surface area (Å²) in [5.41, 5.74) is 2.57. The zero-order valence-electron chi connectivity index (χ0n) is 12.7. The molecular formula is C17H23NOS. The Hall–Kier alpha value is -1.32. The molecular weight excluding hydrogens is 266 g/mol. The predicted octanol–water partition coefficient (Wildman–Crippen LogP) is 4.46. The minimum absolute atomic E-state index is 0.195. The van der Waals surface area contributed by atoms with Gasteiger partial charge >= 0.3 is 0 Å². The van der Waals surface area contributed by atoms with Crippen LogP contribution in [0.1, 0.15) is 40.3 Å². The van der Waals surface area contributed by atoms with Crippen LogP contribution in [0.2, 0.25) is 0 Å². The minimum Gasteiger partial charge on any atom is -0.493 e. The number of hydrogen-bond donors (Lipinski definition) is 1. The molecule has 2 rings (SSSR count). The highest BCUT2D eigenvalue weighted by atomic mass is 32.1. The van der Waals surface area contributed by atoms with Crippen LogP contribution in [-0.2, 0) is 0 Å². The summed E-state index contributed by atoms with van der Waals surface area (Å²) < 4.78 is 5.89. The fraction of sp³-hybridized carbons (Fsp3) is 0.412. The van der Waals surface area contributed by atoms with Gasteiger partial charge in [0.15, 0.2) is 0 Å². The maximum Gasteiger partial charge on any atom is 0.124 e. The van der Waals surface area contributed by atoms with E-state index in [0.29, 0.717) is 0 Å². The maximum atomic E-state index is 5.89. The van der Waals surface area contributed by atoms with E-state index in [-0.39, 0.29) is 6.04 Å². The first kappa shape index (κ1) is 15.1. The summed E-state index contributed by atoms with van der Waals surface area (Å²) in [6.07, 6.45) is 1.02. The van der Waals surface area contributed by atoms with E-state index < -0.39 is 0 Å². The molecule has 1 aromatic carbocycles. The van der Waals surface area contributed by atoms with E-state index in [0.717, 1.165) is 18.8 Å². The molecule has 108 valence electrons. The quantitative estimate of drug-likeness (QED) is 0.847. The number of hydrogen-bond acceptors (Lipinski definition) is 3. The zero-order valence-corrected chi connectivity index (χ0v) is 13.5. The van der Waals surface area contributed by atoms with E-state index in [1.165, 1.54) is 20.9 Å². The third-order valence-electron chi connectivity index (χ3n) is 3.45. The van der Waals surface area contributed by atoms with E-state index in [1.54, 1.807) is 0 Å². The van der Waals surface area contributed by atoms with E-state index in [1.807, 2.05) is 24.5 Å². The number of para-hydroxylation sites is 1. The highest BCUT2D eigenvalue weighted by Crippen LogP contribution is 2.34. The van der Waals surface area contributed by atoms with Crippen LogP contribution < -0.4 is 10.1 Å². The van der Waals surface area contributed by atoms with Crippen molar-refractivity contribution in [2.24, 2.45) is 0 Å². The summed E-state index contributed by atoms with van der Waals surface area (Å²) in [4.78, 5) is 2.72. The molecule has 2 aromatic rings. The lowest BCUT2D eigenvalue weighted by Gasteiger charge is -2.19. The van der Waals surface area contributed by atoms with Gasteiger partial charge < -0.3 is 10.1 Å². The highest BCUT2D eigenvalue weighted by Gasteiger charge is 2.18. The van der Waals surface area contributed by atoms with Gasteiger partial charge in [0.05, 0.1) is 12.6 Å². The van der Waals surface area contributed by atoms with Gasteiger partial charge in [0.2, 0.25) is 0 Å². The molecule has 1 aromatic heterocycles. The van der Waals surface area contributed by atoms with Crippen LogP contribution in [0.3, 0.4) is 0 Å². The number of benzene rings is 1. The van der Waals surface area contributed by atoms with Gasteiger partial charge in [0.25, 0.3) is 0 Å². The summed E-state index contributed by atoms with van der Waals surface area (Å²) in [6.45, 7) is 7.23. The van der Waals surface area contributed by atoms with Crippen LogP contribution in [0.25, 0.3) is 0 Å². The monoisotopic (exact) mass is 289 g/mol. The lowest BCUT2D eigenvalue weighted by molar-refractivity contribution is 0.312. The van der Waals surface area contributed by atoms with E-state index in [4.69, 9.17) is 4.74 Å². The van der Waals surface area contributed by atoms with Crippen molar-refractivity contribution < 1.29 is 4.74 Å². The second-order valence-corrected chi connectivity index (χ2v) is 6.28. The van der Waals surface area contributed by atoms with Crippen LogP contribution in [-0.4, -0.2) is 13.7 Å². The Labute approximate surface area is 125 Å². The minimum atomic E-state index is 0.195. The molecule has 0 radical (unpaired) electrons. The SMILES string of the molecule is CCCOc1ccccc1C(NC)c1cc(C)c(C)s1. The molecule has 1 heterocycles. The number of ether oxygens (including phenoxy) is 1. The van der Waals surface area contributed by atoms with Gasteiger partial charge in [-0.25, -0.2) is 0 Å². The van der Waals surface area contributed by atoms with Crippen molar-refractivity contribution >= 4 is 11.3 Å². The molecule has 0 amide bonds. The topological polar surface area (TPSA) is 21.3 Å². The van der Waals surface area contributed by atoms with Crippen molar-refractivity contribution in [3.05, 3.63) is 51.2 Å². The summed E-state index contributed by atoms with van der Waals surface area (Å²) in [5, 5.41) is 3.42. The van der Waals surface area contributed by atoms with Gasteiger partial charge in [0.1, 0.15) is 5.75 Å². The van der Waals surface area contributed by atoms with Crippen molar-refractivity contribution in [1.82, 2.24) is 5.32 Å². The molecule has 0 aliphatic heterocycles. The van der Waals surface area contributed by atoms with E-state index in [9.17, 15) is 0 Å². The fourth-order valence-corrected chi connectivity index (χ4v) is 3.43. The second-order valence-electron chi connectivity index (χ2n) is 5.00. The molecule has 3 heteroatoms. The molecule has 0 spiro atoms. The second kappa shape index (κ2) is 6.91. The van der Waals surface area contributed by atoms with E-state index in [2.05, 4.69) is 50.4 Å². The molecule has 0 aliphatic rings. The van der Waals surface area contributed by atoms with E-state index >= 15 is 0 Å². The third kappa shape index (κ3) is 3.22. The van der Waals surface area contributed by atoms with Crippen LogP contribution in [0.4, 0.5) is 0 Å². The molecule has 1 unspecified atom stereocenters. The first-order chi connectivity index (χ1) is 9.67. The smallest absolute Gasteiger partial charge is 0.124 e. The Morgan fingerprint density at radius 2 is 2.00 bits per heavy atom. The maximum absolute atomic E-state index is 5.89. The normalized spacial score (nSPS) is 12.4. The highest BCUT2D eigenvalue weighted by molar-refractivity contribution is 7.12. The zero-order chi connectivity index (χ0) is 14.5. The molecule has 0 saturated heterocycles. The lowest BCUT2D eigenvalue weighted by atomic mass is 10.0. The largest absolute Gasteiger partial charge is 0.493 e. The average Bonchev–Trinajstić information content (AvgIpc) is 2.78. The van der Waals surface area contributed by atoms with Crippen LogP contribution in [0, 0.1) is 13.8 Å². The van der Waals surface area contributed by atoms with Gasteiger partial charge in [-0.1, -0.05) is 25.1 Å². The third-order valence-corrected chi connectivity index (χ3v) is 4.67. The molecule has 1 N–H and O–H groups in total. The predicted molar refractivity (Wildman–Crippen MR) is 86.9 cm³/mol. The molecule has 1 atom stereocenters. The summed E-state index contributed by atoms with van der Waals surface area (Å²) in [7, 11) is 2.01. The average molecular weight is 289 g/mol. The standard InChI is InChI=1S/C17H23NOS/c1-5-10-19-15-9-7-6-8-14(15)17(18-4)16-11-12(2)13(3)20-16/h6-9,11,17-18H,5,10H2,1-4H3.